The predicted octanol–water partition coefficient (Wildman–Crippen LogP) is 1.68. The Labute approximate surface area is 118 Å². The lowest BCUT2D eigenvalue weighted by atomic mass is 10.3. The highest BCUT2D eigenvalue weighted by Crippen LogP contribution is 2.17. The summed E-state index contributed by atoms with van der Waals surface area (Å²) in [4.78, 5) is 4.51. The van der Waals surface area contributed by atoms with E-state index in [0.717, 1.165) is 5.69 Å². The molecule has 7 heteroatoms. The molecule has 1 aromatic carbocycles. The highest BCUT2D eigenvalue weighted by atomic mass is 32.2. The molecule has 0 fully saturated rings. The van der Waals surface area contributed by atoms with E-state index < -0.39 is 9.84 Å². The lowest BCUT2D eigenvalue weighted by Gasteiger charge is -2.09. The van der Waals surface area contributed by atoms with Crippen molar-refractivity contribution in [2.24, 2.45) is 0 Å². The molecule has 0 spiro atoms. The Balaban J connectivity index is 2.12. The van der Waals surface area contributed by atoms with Gasteiger partial charge in [0, 0.05) is 38.0 Å². The number of ether oxygens (including phenoxy) is 1. The number of sulfone groups is 1. The molecule has 0 radical (unpaired) electrons. The first-order chi connectivity index (χ1) is 9.50. The molecule has 0 atom stereocenters. The highest BCUT2D eigenvalue weighted by molar-refractivity contribution is 7.90. The Kier molecular flexibility index (Phi) is 4.41. The van der Waals surface area contributed by atoms with Gasteiger partial charge in [-0.3, -0.25) is 0 Å². The first kappa shape index (κ1) is 14.5. The standard InChI is InChI=1S/C13H17N3O3S/c1-19-10-9-16-8-7-14-13(16)15-11-3-5-12(6-4-11)20(2,17)18/h3-8H,9-10H2,1-2H3,(H,14,15). The van der Waals surface area contributed by atoms with Crippen LogP contribution < -0.4 is 5.32 Å². The zero-order chi connectivity index (χ0) is 14.6. The van der Waals surface area contributed by atoms with Gasteiger partial charge in [-0.2, -0.15) is 0 Å². The third-order valence-electron chi connectivity index (χ3n) is 2.79. The second kappa shape index (κ2) is 6.06. The maximum Gasteiger partial charge on any atom is 0.207 e. The third-order valence-corrected chi connectivity index (χ3v) is 3.92. The normalized spacial score (nSPS) is 11.5. The number of aromatic nitrogens is 2. The Morgan fingerprint density at radius 1 is 1.30 bits per heavy atom. The molecule has 0 aliphatic heterocycles. The summed E-state index contributed by atoms with van der Waals surface area (Å²) >= 11 is 0. The van der Waals surface area contributed by atoms with Crippen molar-refractivity contribution in [3.05, 3.63) is 36.7 Å². The van der Waals surface area contributed by atoms with Crippen LogP contribution in [-0.2, 0) is 21.1 Å². The molecule has 0 saturated carbocycles. The minimum atomic E-state index is -3.17. The number of benzene rings is 1. The fraction of sp³-hybridized carbons (Fsp3) is 0.308. The van der Waals surface area contributed by atoms with E-state index in [1.165, 1.54) is 6.26 Å². The predicted molar refractivity (Wildman–Crippen MR) is 76.9 cm³/mol. The van der Waals surface area contributed by atoms with E-state index in [2.05, 4.69) is 10.3 Å². The lowest BCUT2D eigenvalue weighted by molar-refractivity contribution is 0.188. The molecule has 0 saturated heterocycles. The van der Waals surface area contributed by atoms with Crippen molar-refractivity contribution in [2.75, 3.05) is 25.3 Å². The van der Waals surface area contributed by atoms with Crippen LogP contribution in [0.3, 0.4) is 0 Å². The molecule has 0 aliphatic rings. The van der Waals surface area contributed by atoms with Gasteiger partial charge in [0.05, 0.1) is 11.5 Å². The zero-order valence-electron chi connectivity index (χ0n) is 11.4. The maximum absolute atomic E-state index is 11.4. The van der Waals surface area contributed by atoms with Crippen LogP contribution in [0.25, 0.3) is 0 Å². The van der Waals surface area contributed by atoms with Crippen LogP contribution in [0, 0.1) is 0 Å². The number of methoxy groups -OCH3 is 1. The van der Waals surface area contributed by atoms with Gasteiger partial charge in [0.2, 0.25) is 5.95 Å². The highest BCUT2D eigenvalue weighted by Gasteiger charge is 2.07. The molecule has 108 valence electrons. The van der Waals surface area contributed by atoms with Gasteiger partial charge >= 0.3 is 0 Å². The Hall–Kier alpha value is -1.86. The smallest absolute Gasteiger partial charge is 0.207 e. The number of nitrogens with zero attached hydrogens (tertiary/aromatic N) is 2. The van der Waals surface area contributed by atoms with Crippen LogP contribution >= 0.6 is 0 Å². The monoisotopic (exact) mass is 295 g/mol. The molecule has 0 aliphatic carbocycles. The van der Waals surface area contributed by atoms with Gasteiger partial charge in [0.1, 0.15) is 0 Å². The third kappa shape index (κ3) is 3.58. The summed E-state index contributed by atoms with van der Waals surface area (Å²) in [7, 11) is -1.52. The fourth-order valence-electron chi connectivity index (χ4n) is 1.72. The van der Waals surface area contributed by atoms with Gasteiger partial charge in [-0.1, -0.05) is 0 Å². The molecule has 0 bridgehead atoms. The van der Waals surface area contributed by atoms with Crippen LogP contribution in [-0.4, -0.2) is 37.9 Å². The van der Waals surface area contributed by atoms with Crippen LogP contribution in [0.15, 0.2) is 41.6 Å². The summed E-state index contributed by atoms with van der Waals surface area (Å²) in [5.41, 5.74) is 0.780. The molecule has 1 aromatic heterocycles. The van der Waals surface area contributed by atoms with Gasteiger partial charge in [0.25, 0.3) is 0 Å². The summed E-state index contributed by atoms with van der Waals surface area (Å²) in [6, 6.07) is 6.57. The molecule has 20 heavy (non-hydrogen) atoms. The molecule has 2 aromatic rings. The maximum atomic E-state index is 11.4. The van der Waals surface area contributed by atoms with E-state index in [0.29, 0.717) is 24.0 Å². The van der Waals surface area contributed by atoms with Crippen molar-refractivity contribution >= 4 is 21.5 Å². The van der Waals surface area contributed by atoms with Crippen LogP contribution in [0.4, 0.5) is 11.6 Å². The molecule has 1 N–H and O–H groups in total. The minimum absolute atomic E-state index is 0.297. The van der Waals surface area contributed by atoms with Crippen LogP contribution in [0.5, 0.6) is 0 Å². The number of imidazole rings is 1. The zero-order valence-corrected chi connectivity index (χ0v) is 12.2. The van der Waals surface area contributed by atoms with Gasteiger partial charge < -0.3 is 14.6 Å². The fourth-order valence-corrected chi connectivity index (χ4v) is 2.35. The first-order valence-electron chi connectivity index (χ1n) is 6.08. The number of hydrogen-bond donors (Lipinski definition) is 1. The molecular formula is C13H17N3O3S. The molecule has 0 unspecified atom stereocenters. The summed E-state index contributed by atoms with van der Waals surface area (Å²) in [5.74, 6) is 0.689. The summed E-state index contributed by atoms with van der Waals surface area (Å²) in [6.45, 7) is 1.29. The first-order valence-corrected chi connectivity index (χ1v) is 7.97. The van der Waals surface area contributed by atoms with Crippen molar-refractivity contribution in [2.45, 2.75) is 11.4 Å². The Bertz CT molecular complexity index is 662. The molecule has 6 nitrogen and oxygen atoms in total. The Morgan fingerprint density at radius 2 is 2.00 bits per heavy atom. The average Bonchev–Trinajstić information content (AvgIpc) is 2.83. The molecule has 1 heterocycles. The second-order valence-electron chi connectivity index (χ2n) is 4.36. The molecular weight excluding hydrogens is 278 g/mol. The molecule has 2 rings (SSSR count). The van der Waals surface area contributed by atoms with Crippen LogP contribution in [0.1, 0.15) is 0 Å². The summed E-state index contributed by atoms with van der Waals surface area (Å²) in [6.07, 6.45) is 4.74. The van der Waals surface area contributed by atoms with E-state index >= 15 is 0 Å². The largest absolute Gasteiger partial charge is 0.383 e. The topological polar surface area (TPSA) is 73.2 Å². The van der Waals surface area contributed by atoms with E-state index in [1.807, 2.05) is 10.8 Å². The minimum Gasteiger partial charge on any atom is -0.383 e. The van der Waals surface area contributed by atoms with Crippen molar-refractivity contribution < 1.29 is 13.2 Å². The van der Waals surface area contributed by atoms with E-state index in [9.17, 15) is 8.42 Å². The number of hydrogen-bond acceptors (Lipinski definition) is 5. The van der Waals surface area contributed by atoms with Gasteiger partial charge in [0.15, 0.2) is 9.84 Å². The lowest BCUT2D eigenvalue weighted by Crippen LogP contribution is -2.07. The van der Waals surface area contributed by atoms with Crippen molar-refractivity contribution in [1.29, 1.82) is 0 Å². The van der Waals surface area contributed by atoms with E-state index in [-0.39, 0.29) is 0 Å². The summed E-state index contributed by atoms with van der Waals surface area (Å²) < 4.78 is 29.7. The second-order valence-corrected chi connectivity index (χ2v) is 6.37. The molecule has 0 amide bonds. The van der Waals surface area contributed by atoms with Crippen molar-refractivity contribution in [1.82, 2.24) is 9.55 Å². The number of anilines is 2. The van der Waals surface area contributed by atoms with Gasteiger partial charge in [-0.25, -0.2) is 13.4 Å². The van der Waals surface area contributed by atoms with Crippen molar-refractivity contribution in [3.8, 4) is 0 Å². The van der Waals surface area contributed by atoms with E-state index in [1.54, 1.807) is 37.6 Å². The Morgan fingerprint density at radius 3 is 2.60 bits per heavy atom. The van der Waals surface area contributed by atoms with Crippen LogP contribution in [0.2, 0.25) is 0 Å². The number of rotatable bonds is 6. The van der Waals surface area contributed by atoms with Gasteiger partial charge in [-0.15, -0.1) is 0 Å². The van der Waals surface area contributed by atoms with E-state index in [4.69, 9.17) is 4.74 Å². The number of nitrogens with one attached hydrogen (secondary N) is 1. The summed E-state index contributed by atoms with van der Waals surface area (Å²) in [5, 5.41) is 3.14. The quantitative estimate of drug-likeness (QED) is 0.877. The van der Waals surface area contributed by atoms with Gasteiger partial charge in [-0.05, 0) is 24.3 Å². The average molecular weight is 295 g/mol. The SMILES string of the molecule is COCCn1ccnc1Nc1ccc(S(C)(=O)=O)cc1. The van der Waals surface area contributed by atoms with Crippen molar-refractivity contribution in [3.63, 3.8) is 0 Å².